The summed E-state index contributed by atoms with van der Waals surface area (Å²) in [7, 11) is 0. The van der Waals surface area contributed by atoms with Crippen LogP contribution in [0.15, 0.2) is 0 Å². The van der Waals surface area contributed by atoms with Crippen LogP contribution in [0.4, 0.5) is 0 Å². The topological polar surface area (TPSA) is 20.2 Å². The maximum atomic E-state index is 8.06. The van der Waals surface area contributed by atoms with Crippen LogP contribution in [0.2, 0.25) is 0 Å². The van der Waals surface area contributed by atoms with E-state index >= 15 is 0 Å². The van der Waals surface area contributed by atoms with Gasteiger partial charge in [0.25, 0.3) is 0 Å². The van der Waals surface area contributed by atoms with Crippen LogP contribution >= 0.6 is 0 Å². The van der Waals surface area contributed by atoms with Crippen molar-refractivity contribution in [2.24, 2.45) is 0 Å². The van der Waals surface area contributed by atoms with Gasteiger partial charge < -0.3 is 5.11 Å². The Kier molecular flexibility index (Phi) is 24.7. The second-order valence-corrected chi connectivity index (χ2v) is 1.09. The molecule has 0 aliphatic rings. The third-order valence-corrected chi connectivity index (χ3v) is 0. The van der Waals surface area contributed by atoms with E-state index in [0.717, 1.165) is 0 Å². The second-order valence-electron chi connectivity index (χ2n) is 1.09. The van der Waals surface area contributed by atoms with Gasteiger partial charge in [-0.05, 0) is 13.8 Å². The molecular formula is C3H16Ge2O. The molecule has 0 amide bonds. The average Bonchev–Trinajstić information content (AvgIpc) is 0.811. The summed E-state index contributed by atoms with van der Waals surface area (Å²) in [4.78, 5) is 0. The van der Waals surface area contributed by atoms with E-state index in [9.17, 15) is 0 Å². The Hall–Kier alpha value is 1.05. The first-order chi connectivity index (χ1) is 1.73. The zero-order valence-electron chi connectivity index (χ0n) is 3.02. The first kappa shape index (κ1) is 15.7. The Morgan fingerprint density at radius 2 is 1.17 bits per heavy atom. The molecule has 0 atom stereocenters. The van der Waals surface area contributed by atoms with Crippen LogP contribution in [0.3, 0.4) is 0 Å². The monoisotopic (exact) mass is 216 g/mol. The summed E-state index contributed by atoms with van der Waals surface area (Å²) in [5.41, 5.74) is 0. The zero-order valence-corrected chi connectivity index (χ0v) is 3.02. The summed E-state index contributed by atoms with van der Waals surface area (Å²) in [5.74, 6) is 0. The van der Waals surface area contributed by atoms with Crippen molar-refractivity contribution < 1.29 is 5.11 Å². The van der Waals surface area contributed by atoms with Crippen LogP contribution in [0.5, 0.6) is 0 Å². The molecule has 0 bridgehead atoms. The number of hydrogen-bond acceptors (Lipinski definition) is 1. The quantitative estimate of drug-likeness (QED) is 0.441. The van der Waals surface area contributed by atoms with Gasteiger partial charge in [-0.2, -0.15) is 0 Å². The third-order valence-electron chi connectivity index (χ3n) is 0. The van der Waals surface area contributed by atoms with Gasteiger partial charge in [-0.15, -0.1) is 0 Å². The molecule has 0 spiro atoms. The summed E-state index contributed by atoms with van der Waals surface area (Å²) in [6, 6.07) is 0. The molecule has 0 fully saturated rings. The van der Waals surface area contributed by atoms with Gasteiger partial charge in [0.1, 0.15) is 0 Å². The molecule has 0 rings (SSSR count). The van der Waals surface area contributed by atoms with Crippen LogP contribution < -0.4 is 0 Å². The molecule has 1 nitrogen and oxygen atoms in total. The fourth-order valence-electron chi connectivity index (χ4n) is 0. The Bertz CT molecular complexity index is 13.5. The standard InChI is InChI=1S/C3H8O.2GeH4/c1-3(2)4;;/h3-4H,1-2H3;2*1H4. The molecule has 0 aliphatic heterocycles. The summed E-state index contributed by atoms with van der Waals surface area (Å²) in [5, 5.41) is 8.06. The zero-order chi connectivity index (χ0) is 3.58. The van der Waals surface area contributed by atoms with Crippen molar-refractivity contribution in [2.75, 3.05) is 0 Å². The first-order valence-corrected chi connectivity index (χ1v) is 1.41. The van der Waals surface area contributed by atoms with Crippen molar-refractivity contribution in [3.8, 4) is 0 Å². The molecule has 42 valence electrons. The SMILES string of the molecule is CC(C)O.[GeH4].[GeH4]. The van der Waals surface area contributed by atoms with E-state index in [0.29, 0.717) is 0 Å². The molecule has 0 unspecified atom stereocenters. The van der Waals surface area contributed by atoms with Crippen molar-refractivity contribution in [1.29, 1.82) is 0 Å². The molecule has 0 saturated carbocycles. The predicted octanol–water partition coefficient (Wildman–Crippen LogP) is -2.52. The number of aliphatic hydroxyl groups excluding tert-OH is 1. The molecule has 6 heavy (non-hydrogen) atoms. The van der Waals surface area contributed by atoms with E-state index in [1.165, 1.54) is 0 Å². The van der Waals surface area contributed by atoms with Gasteiger partial charge in [-0.3, -0.25) is 0 Å². The third kappa shape index (κ3) is 75.5. The second kappa shape index (κ2) is 9.40. The molecule has 0 aliphatic carbocycles. The van der Waals surface area contributed by atoms with Crippen molar-refractivity contribution in [3.63, 3.8) is 0 Å². The number of aliphatic hydroxyl groups is 1. The van der Waals surface area contributed by atoms with Gasteiger partial charge in [0.05, 0.1) is 0 Å². The summed E-state index contributed by atoms with van der Waals surface area (Å²) in [6.45, 7) is 3.44. The molecule has 0 heterocycles. The normalized spacial score (nSPS) is 6.00. The van der Waals surface area contributed by atoms with E-state index < -0.39 is 0 Å². The molecule has 0 saturated heterocycles. The molecule has 0 aromatic heterocycles. The van der Waals surface area contributed by atoms with Gasteiger partial charge in [0, 0.05) is 6.10 Å². The molecular weight excluding hydrogens is 197 g/mol. The van der Waals surface area contributed by atoms with E-state index in [1.807, 2.05) is 0 Å². The fourth-order valence-corrected chi connectivity index (χ4v) is 0. The molecule has 0 aromatic carbocycles. The van der Waals surface area contributed by atoms with E-state index in [-0.39, 0.29) is 41.3 Å². The molecule has 0 aromatic rings. The van der Waals surface area contributed by atoms with Crippen molar-refractivity contribution >= 4 is 35.2 Å². The fraction of sp³-hybridized carbons (Fsp3) is 1.00. The van der Waals surface area contributed by atoms with E-state index in [2.05, 4.69) is 0 Å². The minimum atomic E-state index is -0.167. The van der Waals surface area contributed by atoms with Gasteiger partial charge in [0.2, 0.25) is 0 Å². The van der Waals surface area contributed by atoms with Crippen molar-refractivity contribution in [1.82, 2.24) is 0 Å². The van der Waals surface area contributed by atoms with Crippen LogP contribution in [-0.2, 0) is 0 Å². The predicted molar refractivity (Wildman–Crippen MR) is 40.0 cm³/mol. The Morgan fingerprint density at radius 3 is 1.17 bits per heavy atom. The maximum absolute atomic E-state index is 8.06. The van der Waals surface area contributed by atoms with Gasteiger partial charge in [-0.1, -0.05) is 0 Å². The summed E-state index contributed by atoms with van der Waals surface area (Å²) in [6.07, 6.45) is -0.167. The summed E-state index contributed by atoms with van der Waals surface area (Å²) < 4.78 is 0. The number of hydrogen-bond donors (Lipinski definition) is 1. The average molecular weight is 213 g/mol. The molecule has 3 heteroatoms. The molecule has 0 radical (unpaired) electrons. The van der Waals surface area contributed by atoms with Gasteiger partial charge in [-0.25, -0.2) is 0 Å². The van der Waals surface area contributed by atoms with Crippen LogP contribution in [0.25, 0.3) is 0 Å². The van der Waals surface area contributed by atoms with Gasteiger partial charge >= 0.3 is 35.2 Å². The van der Waals surface area contributed by atoms with Crippen LogP contribution in [0, 0.1) is 0 Å². The van der Waals surface area contributed by atoms with E-state index in [1.54, 1.807) is 13.8 Å². The Balaban J connectivity index is -0.0000000450. The minimum absolute atomic E-state index is 0. The van der Waals surface area contributed by atoms with Crippen LogP contribution in [-0.4, -0.2) is 46.4 Å². The number of rotatable bonds is 0. The Morgan fingerprint density at radius 1 is 1.17 bits per heavy atom. The first-order valence-electron chi connectivity index (χ1n) is 1.41. The van der Waals surface area contributed by atoms with Crippen LogP contribution in [0.1, 0.15) is 13.8 Å². The van der Waals surface area contributed by atoms with Crippen molar-refractivity contribution in [2.45, 2.75) is 20.0 Å². The van der Waals surface area contributed by atoms with Gasteiger partial charge in [0.15, 0.2) is 0 Å². The summed E-state index contributed by atoms with van der Waals surface area (Å²) >= 11 is 0. The van der Waals surface area contributed by atoms with Crippen molar-refractivity contribution in [3.05, 3.63) is 0 Å². The molecule has 1 N–H and O–H groups in total. The van der Waals surface area contributed by atoms with E-state index in [4.69, 9.17) is 5.11 Å². The Labute approximate surface area is 60.5 Å².